The molecular formula is C23H24ClF3N2O. The van der Waals surface area contributed by atoms with Crippen molar-refractivity contribution < 1.29 is 18.0 Å². The number of piperidine rings is 1. The third-order valence-electron chi connectivity index (χ3n) is 6.24. The summed E-state index contributed by atoms with van der Waals surface area (Å²) in [5.41, 5.74) is 1.02. The maximum atomic E-state index is 13.1. The highest BCUT2D eigenvalue weighted by Crippen LogP contribution is 2.40. The lowest BCUT2D eigenvalue weighted by Gasteiger charge is -2.39. The van der Waals surface area contributed by atoms with Crippen LogP contribution >= 0.6 is 11.6 Å². The Morgan fingerprint density at radius 1 is 1.07 bits per heavy atom. The first kappa shape index (κ1) is 21.2. The van der Waals surface area contributed by atoms with Crippen molar-refractivity contribution in [2.75, 3.05) is 6.54 Å². The Morgan fingerprint density at radius 3 is 2.63 bits per heavy atom. The number of hydrogen-bond donors (Lipinski definition) is 1. The highest BCUT2D eigenvalue weighted by atomic mass is 35.5. The van der Waals surface area contributed by atoms with E-state index in [9.17, 15) is 18.0 Å². The number of alkyl halides is 3. The summed E-state index contributed by atoms with van der Waals surface area (Å²) >= 11 is 5.90. The largest absolute Gasteiger partial charge is 0.417 e. The van der Waals surface area contributed by atoms with E-state index in [1.54, 1.807) is 0 Å². The topological polar surface area (TPSA) is 32.3 Å². The predicted molar refractivity (Wildman–Crippen MR) is 110 cm³/mol. The molecule has 2 saturated heterocycles. The van der Waals surface area contributed by atoms with Gasteiger partial charge in [0.25, 0.3) is 5.91 Å². The fraction of sp³-hybridized carbons (Fsp3) is 0.435. The van der Waals surface area contributed by atoms with Crippen molar-refractivity contribution in [3.63, 3.8) is 0 Å². The predicted octanol–water partition coefficient (Wildman–Crippen LogP) is 5.98. The van der Waals surface area contributed by atoms with Crippen molar-refractivity contribution in [2.24, 2.45) is 0 Å². The number of hydrogen-bond acceptors (Lipinski definition) is 2. The van der Waals surface area contributed by atoms with Gasteiger partial charge in [0.2, 0.25) is 0 Å². The molecule has 2 atom stereocenters. The van der Waals surface area contributed by atoms with Gasteiger partial charge in [-0.2, -0.15) is 13.2 Å². The van der Waals surface area contributed by atoms with E-state index in [2.05, 4.69) is 16.3 Å². The van der Waals surface area contributed by atoms with E-state index < -0.39 is 22.7 Å². The smallest absolute Gasteiger partial charge is 0.348 e. The highest BCUT2D eigenvalue weighted by molar-refractivity contribution is 6.34. The normalized spacial score (nSPS) is 22.0. The van der Waals surface area contributed by atoms with Crippen molar-refractivity contribution in [2.45, 2.75) is 56.9 Å². The Labute approximate surface area is 179 Å². The molecule has 0 radical (unpaired) electrons. The van der Waals surface area contributed by atoms with E-state index >= 15 is 0 Å². The molecule has 0 saturated carbocycles. The molecule has 2 aliphatic rings. The van der Waals surface area contributed by atoms with Gasteiger partial charge >= 0.3 is 6.18 Å². The summed E-state index contributed by atoms with van der Waals surface area (Å²) < 4.78 is 39.3. The fourth-order valence-corrected chi connectivity index (χ4v) is 5.16. The average molecular weight is 437 g/mol. The minimum absolute atomic E-state index is 0.166. The first-order valence-corrected chi connectivity index (χ1v) is 10.7. The molecule has 2 aromatic carbocycles. The van der Waals surface area contributed by atoms with Crippen LogP contribution in [0.25, 0.3) is 0 Å². The molecule has 30 heavy (non-hydrogen) atoms. The van der Waals surface area contributed by atoms with Crippen molar-refractivity contribution in [3.8, 4) is 0 Å². The Morgan fingerprint density at radius 2 is 1.83 bits per heavy atom. The quantitative estimate of drug-likeness (QED) is 0.639. The zero-order valence-corrected chi connectivity index (χ0v) is 17.3. The van der Waals surface area contributed by atoms with Crippen LogP contribution in [0, 0.1) is 0 Å². The lowest BCUT2D eigenvalue weighted by atomic mass is 9.89. The van der Waals surface area contributed by atoms with Crippen LogP contribution in [0.4, 0.5) is 13.2 Å². The van der Waals surface area contributed by atoms with Gasteiger partial charge in [0, 0.05) is 18.6 Å². The second-order valence-corrected chi connectivity index (χ2v) is 8.40. The first-order valence-electron chi connectivity index (χ1n) is 10.3. The molecule has 0 bridgehead atoms. The van der Waals surface area contributed by atoms with E-state index in [4.69, 9.17) is 11.6 Å². The summed E-state index contributed by atoms with van der Waals surface area (Å²) in [5.74, 6) is -0.608. The van der Waals surface area contributed by atoms with Gasteiger partial charge in [-0.15, -0.1) is 0 Å². The van der Waals surface area contributed by atoms with Crippen LogP contribution in [0.5, 0.6) is 0 Å². The molecule has 2 unspecified atom stereocenters. The molecule has 0 spiro atoms. The number of halogens is 4. The lowest BCUT2D eigenvalue weighted by Crippen LogP contribution is -2.37. The molecule has 2 heterocycles. The third-order valence-corrected chi connectivity index (χ3v) is 6.65. The zero-order chi connectivity index (χ0) is 21.3. The zero-order valence-electron chi connectivity index (χ0n) is 16.5. The Kier molecular flexibility index (Phi) is 6.07. The molecule has 2 aliphatic heterocycles. The molecular weight excluding hydrogens is 413 g/mol. The molecule has 160 valence electrons. The Balaban J connectivity index is 1.52. The molecule has 2 aromatic rings. The summed E-state index contributed by atoms with van der Waals surface area (Å²) in [6, 6.07) is 12.4. The number of amides is 1. The summed E-state index contributed by atoms with van der Waals surface area (Å²) in [6.07, 6.45) is 1.36. The van der Waals surface area contributed by atoms with Crippen molar-refractivity contribution >= 4 is 17.5 Å². The van der Waals surface area contributed by atoms with Gasteiger partial charge in [-0.1, -0.05) is 41.9 Å². The van der Waals surface area contributed by atoms with Crippen molar-refractivity contribution in [1.29, 1.82) is 0 Å². The highest BCUT2D eigenvalue weighted by Gasteiger charge is 2.36. The summed E-state index contributed by atoms with van der Waals surface area (Å²) in [5, 5.41) is 2.20. The summed E-state index contributed by atoms with van der Waals surface area (Å²) in [4.78, 5) is 15.2. The van der Waals surface area contributed by atoms with Crippen molar-refractivity contribution in [1.82, 2.24) is 10.2 Å². The number of benzene rings is 2. The number of rotatable bonds is 4. The molecule has 2 fully saturated rings. The minimum atomic E-state index is -4.60. The maximum Gasteiger partial charge on any atom is 0.417 e. The van der Waals surface area contributed by atoms with E-state index in [0.29, 0.717) is 12.1 Å². The first-order chi connectivity index (χ1) is 14.4. The van der Waals surface area contributed by atoms with Gasteiger partial charge < -0.3 is 5.32 Å². The van der Waals surface area contributed by atoms with Crippen LogP contribution in [0.15, 0.2) is 42.5 Å². The van der Waals surface area contributed by atoms with E-state index in [1.807, 2.05) is 18.2 Å². The van der Waals surface area contributed by atoms with Gasteiger partial charge in [-0.25, -0.2) is 0 Å². The van der Waals surface area contributed by atoms with E-state index in [1.165, 1.54) is 43.4 Å². The van der Waals surface area contributed by atoms with Crippen LogP contribution in [0.2, 0.25) is 5.02 Å². The summed E-state index contributed by atoms with van der Waals surface area (Å²) in [7, 11) is 0. The number of nitrogens with zero attached hydrogens (tertiary/aromatic N) is 1. The SMILES string of the molecule is O=C(NCc1ccccc1C1CCCC2CCCN21)c1cccc(C(F)(F)F)c1Cl. The third kappa shape index (κ3) is 4.21. The monoisotopic (exact) mass is 436 g/mol. The van der Waals surface area contributed by atoms with Crippen LogP contribution in [0.3, 0.4) is 0 Å². The van der Waals surface area contributed by atoms with Crippen molar-refractivity contribution in [3.05, 3.63) is 69.7 Å². The van der Waals surface area contributed by atoms with Gasteiger partial charge in [-0.3, -0.25) is 9.69 Å². The van der Waals surface area contributed by atoms with Gasteiger partial charge in [-0.05, 0) is 61.9 Å². The van der Waals surface area contributed by atoms with E-state index in [0.717, 1.165) is 24.6 Å². The molecule has 4 rings (SSSR count). The van der Waals surface area contributed by atoms with Gasteiger partial charge in [0.15, 0.2) is 0 Å². The molecule has 1 amide bonds. The number of nitrogens with one attached hydrogen (secondary N) is 1. The molecule has 0 aromatic heterocycles. The van der Waals surface area contributed by atoms with Gasteiger partial charge in [0.05, 0.1) is 16.1 Å². The van der Waals surface area contributed by atoms with Crippen LogP contribution < -0.4 is 5.32 Å². The Bertz CT molecular complexity index is 931. The van der Waals surface area contributed by atoms with Crippen LogP contribution in [-0.4, -0.2) is 23.4 Å². The van der Waals surface area contributed by atoms with Crippen LogP contribution in [0.1, 0.15) is 65.2 Å². The summed E-state index contributed by atoms with van der Waals surface area (Å²) in [6.45, 7) is 1.34. The minimum Gasteiger partial charge on any atom is -0.348 e. The number of fused-ring (bicyclic) bond motifs is 1. The standard InChI is InChI=1S/C23H24ClF3N2O/c24-21-18(10-4-11-19(21)23(25,26)27)22(30)28-14-15-6-1-2-9-17(15)20-12-3-7-16-8-5-13-29(16)20/h1-2,4,6,9-11,16,20H,3,5,7-8,12-14H2,(H,28,30). The fourth-order valence-electron chi connectivity index (χ4n) is 4.84. The number of carbonyl (C=O) groups excluding carboxylic acids is 1. The maximum absolute atomic E-state index is 13.1. The van der Waals surface area contributed by atoms with Crippen LogP contribution in [-0.2, 0) is 12.7 Å². The average Bonchev–Trinajstić information content (AvgIpc) is 3.20. The molecule has 3 nitrogen and oxygen atoms in total. The molecule has 7 heteroatoms. The molecule has 0 aliphatic carbocycles. The molecule has 1 N–H and O–H groups in total. The number of carbonyl (C=O) groups is 1. The van der Waals surface area contributed by atoms with Gasteiger partial charge in [0.1, 0.15) is 0 Å². The Hall–Kier alpha value is -2.05. The second-order valence-electron chi connectivity index (χ2n) is 8.03. The second kappa shape index (κ2) is 8.60. The van der Waals surface area contributed by atoms with E-state index in [-0.39, 0.29) is 12.1 Å². The lowest BCUT2D eigenvalue weighted by molar-refractivity contribution is -0.137.